The van der Waals surface area contributed by atoms with Gasteiger partial charge in [-0.15, -0.1) is 0 Å². The van der Waals surface area contributed by atoms with Crippen LogP contribution < -0.4 is 45.5 Å². The van der Waals surface area contributed by atoms with Crippen molar-refractivity contribution in [1.82, 2.24) is 0 Å². The van der Waals surface area contributed by atoms with Crippen LogP contribution in [0.4, 0.5) is 30.2 Å². The molecular weight excluding hydrogens is 1140 g/mol. The van der Waals surface area contributed by atoms with Gasteiger partial charge in [0, 0.05) is 54.2 Å². The van der Waals surface area contributed by atoms with E-state index in [1.807, 2.05) is 127 Å². The molecule has 0 saturated carbocycles. The number of halogens is 3. The molecule has 16 heteroatoms. The summed E-state index contributed by atoms with van der Waals surface area (Å²) in [6, 6.07) is 66.9. The molecule has 0 radical (unpaired) electrons. The summed E-state index contributed by atoms with van der Waals surface area (Å²) < 4.78 is 56.4. The van der Waals surface area contributed by atoms with Crippen LogP contribution in [-0.4, -0.2) is 17.9 Å². The molecule has 0 amide bonds. The normalized spacial score (nSPS) is 11.5. The maximum Gasteiger partial charge on any atom is 3.00 e. The zero-order valence-electron chi connectivity index (χ0n) is 44.1. The minimum absolute atomic E-state index is 0. The Labute approximate surface area is 487 Å². The second kappa shape index (κ2) is 32.6. The topological polar surface area (TPSA) is 184 Å². The monoisotopic (exact) mass is 1200 g/mol. The van der Waals surface area contributed by atoms with Crippen LogP contribution in [0.15, 0.2) is 237 Å². The summed E-state index contributed by atoms with van der Waals surface area (Å²) in [4.78, 5) is 33.4. The molecule has 82 heavy (non-hydrogen) atoms. The minimum Gasteiger partial charge on any atom is -0.550 e. The molecule has 3 atom stereocenters. The molecule has 9 aromatic rings. The molecule has 0 aliphatic carbocycles. The summed E-state index contributed by atoms with van der Waals surface area (Å²) in [5.74, 6) is -2.48. The van der Waals surface area contributed by atoms with Gasteiger partial charge in [-0.05, 0) is 143 Å². The fourth-order valence-electron chi connectivity index (χ4n) is 8.11. The van der Waals surface area contributed by atoms with Crippen molar-refractivity contribution in [3.63, 3.8) is 0 Å². The number of ether oxygens (including phenoxy) is 3. The van der Waals surface area contributed by atoms with Crippen LogP contribution in [0.2, 0.25) is 0 Å². The number of carbonyl (C=O) groups excluding carboxylic acids is 3. The number of nitrogens with one attached hydrogen (secondary N) is 3. The third-order valence-corrected chi connectivity index (χ3v) is 12.3. The Morgan fingerprint density at radius 1 is 0.329 bits per heavy atom. The van der Waals surface area contributed by atoms with E-state index >= 15 is 0 Å². The van der Waals surface area contributed by atoms with E-state index in [-0.39, 0.29) is 56.2 Å². The van der Waals surface area contributed by atoms with E-state index in [0.29, 0.717) is 54.1 Å². The van der Waals surface area contributed by atoms with Crippen LogP contribution in [0.3, 0.4) is 0 Å². The van der Waals surface area contributed by atoms with Gasteiger partial charge in [-0.1, -0.05) is 127 Å². The van der Waals surface area contributed by atoms with E-state index < -0.39 is 36.0 Å². The first-order valence-electron chi connectivity index (χ1n) is 25.8. The van der Waals surface area contributed by atoms with Gasteiger partial charge >= 0.3 is 19.5 Å². The molecular formula is C66H57F3N3O9Rh. The number of carboxylic acid groups (broad SMARTS) is 3. The molecule has 9 rings (SSSR count). The first kappa shape index (κ1) is 61.8. The molecule has 0 aliphatic heterocycles. The van der Waals surface area contributed by atoms with Crippen LogP contribution in [0.25, 0.3) is 0 Å². The molecule has 0 heterocycles. The van der Waals surface area contributed by atoms with Crippen LogP contribution in [0.5, 0.6) is 17.2 Å². The van der Waals surface area contributed by atoms with E-state index in [1.54, 1.807) is 72.8 Å². The molecule has 3 N–H and O–H groups in total. The second-order valence-electron chi connectivity index (χ2n) is 18.4. The molecule has 12 nitrogen and oxygen atoms in total. The molecule has 0 aromatic heterocycles. The fourth-order valence-corrected chi connectivity index (χ4v) is 8.11. The van der Waals surface area contributed by atoms with Crippen LogP contribution in [-0.2, 0) is 53.7 Å². The van der Waals surface area contributed by atoms with Crippen molar-refractivity contribution < 1.29 is 76.6 Å². The zero-order valence-corrected chi connectivity index (χ0v) is 45.8. The molecule has 0 aliphatic rings. The smallest absolute Gasteiger partial charge is 0.550 e. The third-order valence-electron chi connectivity index (χ3n) is 12.3. The predicted octanol–water partition coefficient (Wildman–Crippen LogP) is 11.1. The van der Waals surface area contributed by atoms with Gasteiger partial charge in [0.05, 0.1) is 18.1 Å². The van der Waals surface area contributed by atoms with Gasteiger partial charge in [0.25, 0.3) is 0 Å². The van der Waals surface area contributed by atoms with Crippen LogP contribution >= 0.6 is 0 Å². The first-order valence-corrected chi connectivity index (χ1v) is 25.8. The first-order chi connectivity index (χ1) is 39.3. The van der Waals surface area contributed by atoms with E-state index in [4.69, 9.17) is 14.2 Å². The van der Waals surface area contributed by atoms with Gasteiger partial charge in [0.15, 0.2) is 0 Å². The van der Waals surface area contributed by atoms with Crippen molar-refractivity contribution in [3.05, 3.63) is 287 Å². The molecule has 3 unspecified atom stereocenters. The quantitative estimate of drug-likeness (QED) is 0.0487. The van der Waals surface area contributed by atoms with Gasteiger partial charge in [0.2, 0.25) is 0 Å². The maximum absolute atomic E-state index is 13.1. The van der Waals surface area contributed by atoms with Crippen LogP contribution in [0, 0.1) is 17.5 Å². The third kappa shape index (κ3) is 21.7. The summed E-state index contributed by atoms with van der Waals surface area (Å²) in [6.45, 7) is 1.36. The number of rotatable bonds is 24. The SMILES string of the molecule is O=C([O-])CC(Nc1ccc(F)cc1)c1ccc(OCc2ccccc2)cc1.O=C([O-])CC(Nc1ccc(F)cc1)c1ccc(OCc2ccccc2)cc1.O=C([O-])CC(Nc1ccc(F)cc1)c1ccc(OCc2ccccc2)cc1.[Rh+3]. The Morgan fingerprint density at radius 2 is 0.549 bits per heavy atom. The van der Waals surface area contributed by atoms with Gasteiger partial charge in [0.1, 0.15) is 54.5 Å². The predicted molar refractivity (Wildman–Crippen MR) is 299 cm³/mol. The van der Waals surface area contributed by atoms with Crippen molar-refractivity contribution in [1.29, 1.82) is 0 Å². The van der Waals surface area contributed by atoms with Gasteiger partial charge in [-0.3, -0.25) is 0 Å². The summed E-state index contributed by atoms with van der Waals surface area (Å²) in [6.07, 6.45) is -0.620. The van der Waals surface area contributed by atoms with Gasteiger partial charge in [-0.25, -0.2) is 13.2 Å². The Kier molecular flexibility index (Phi) is 24.6. The summed E-state index contributed by atoms with van der Waals surface area (Å²) in [5, 5.41) is 42.7. The minimum atomic E-state index is -1.17. The molecule has 420 valence electrons. The van der Waals surface area contributed by atoms with Crippen molar-refractivity contribution in [2.75, 3.05) is 16.0 Å². The average Bonchev–Trinajstić information content (AvgIpc) is 3.53. The summed E-state index contributed by atoms with van der Waals surface area (Å²) >= 11 is 0. The number of carbonyl (C=O) groups is 3. The number of hydrogen-bond donors (Lipinski definition) is 3. The molecule has 0 saturated heterocycles. The molecule has 0 bridgehead atoms. The standard InChI is InChI=1S/3C22H20FNO3.Rh/c3*23-18-8-10-19(11-9-18)24-21(14-22(25)26)17-6-12-20(13-7-17)27-15-16-4-2-1-3-5-16;/h3*1-13,21,24H,14-15H2,(H,25,26);/q;;;+3/p-3. The van der Waals surface area contributed by atoms with Gasteiger partial charge in [-0.2, -0.15) is 0 Å². The average molecular weight is 1200 g/mol. The summed E-state index contributed by atoms with van der Waals surface area (Å²) in [5.41, 5.74) is 7.41. The van der Waals surface area contributed by atoms with E-state index in [2.05, 4.69) is 16.0 Å². The number of aliphatic carboxylic acids is 3. The largest absolute Gasteiger partial charge is 3.00 e. The number of hydrogen-bond acceptors (Lipinski definition) is 12. The fraction of sp³-hybridized carbons (Fsp3) is 0.136. The number of anilines is 3. The van der Waals surface area contributed by atoms with Crippen molar-refractivity contribution in [3.8, 4) is 17.2 Å². The Hall–Kier alpha value is -9.40. The summed E-state index contributed by atoms with van der Waals surface area (Å²) in [7, 11) is 0. The van der Waals surface area contributed by atoms with E-state index in [0.717, 1.165) is 33.4 Å². The zero-order chi connectivity index (χ0) is 57.2. The number of carboxylic acids is 3. The Balaban J connectivity index is 0.000000197. The number of benzene rings is 9. The van der Waals surface area contributed by atoms with Crippen molar-refractivity contribution >= 4 is 35.0 Å². The van der Waals surface area contributed by atoms with Crippen molar-refractivity contribution in [2.45, 2.75) is 57.2 Å². The van der Waals surface area contributed by atoms with Gasteiger partial charge < -0.3 is 59.9 Å². The van der Waals surface area contributed by atoms with E-state index in [9.17, 15) is 42.9 Å². The Morgan fingerprint density at radius 3 is 0.756 bits per heavy atom. The molecule has 0 fully saturated rings. The second-order valence-corrected chi connectivity index (χ2v) is 18.4. The Bertz CT molecular complexity index is 2960. The van der Waals surface area contributed by atoms with E-state index in [1.165, 1.54) is 36.4 Å². The maximum atomic E-state index is 13.1. The van der Waals surface area contributed by atoms with Crippen LogP contribution in [0.1, 0.15) is 70.8 Å². The van der Waals surface area contributed by atoms with Crippen molar-refractivity contribution in [2.24, 2.45) is 0 Å². The molecule has 9 aromatic carbocycles. The molecule has 0 spiro atoms.